The highest BCUT2D eigenvalue weighted by Crippen LogP contribution is 2.18. The van der Waals surface area contributed by atoms with E-state index in [9.17, 15) is 9.18 Å². The molecule has 0 aliphatic heterocycles. The van der Waals surface area contributed by atoms with Crippen molar-refractivity contribution in [1.29, 1.82) is 0 Å². The number of hydrogen-bond donors (Lipinski definition) is 1. The zero-order valence-electron chi connectivity index (χ0n) is 17.0. The number of aromatic nitrogens is 1. The largest absolute Gasteiger partial charge is 0.447 e. The average Bonchev–Trinajstić information content (AvgIpc) is 3.14. The van der Waals surface area contributed by atoms with Crippen LogP contribution in [0.4, 0.5) is 4.39 Å². The van der Waals surface area contributed by atoms with Crippen LogP contribution in [0.3, 0.4) is 0 Å². The second-order valence-electron chi connectivity index (χ2n) is 7.19. The van der Waals surface area contributed by atoms with Crippen molar-refractivity contribution in [1.82, 2.24) is 15.2 Å². The molecule has 1 amide bonds. The van der Waals surface area contributed by atoms with Crippen molar-refractivity contribution in [3.63, 3.8) is 0 Å². The van der Waals surface area contributed by atoms with Crippen LogP contribution in [0.1, 0.15) is 45.6 Å². The summed E-state index contributed by atoms with van der Waals surface area (Å²) in [4.78, 5) is 18.4. The van der Waals surface area contributed by atoms with Crippen molar-refractivity contribution in [3.05, 3.63) is 88.4 Å². The average molecular weight is 395 g/mol. The third kappa shape index (κ3) is 5.74. The smallest absolute Gasteiger partial charge is 0.273 e. The molecule has 3 aromatic rings. The molecule has 2 aromatic carbocycles. The third-order valence-corrected chi connectivity index (χ3v) is 4.69. The third-order valence-electron chi connectivity index (χ3n) is 4.69. The SMILES string of the molecule is CCNC(=O)c1coc(CN(Cc2ccc(F)cc2)Cc2ccc(C)cc2C)n1. The van der Waals surface area contributed by atoms with Crippen LogP contribution in [0.2, 0.25) is 0 Å². The van der Waals surface area contributed by atoms with Gasteiger partial charge in [0.2, 0.25) is 5.89 Å². The molecular formula is C23H26FN3O2. The number of carbonyl (C=O) groups is 1. The predicted molar refractivity (Wildman–Crippen MR) is 110 cm³/mol. The number of nitrogens with one attached hydrogen (secondary N) is 1. The van der Waals surface area contributed by atoms with Crippen LogP contribution in [0.5, 0.6) is 0 Å². The lowest BCUT2D eigenvalue weighted by molar-refractivity contribution is 0.0950. The van der Waals surface area contributed by atoms with Crippen molar-refractivity contribution in [2.45, 2.75) is 40.4 Å². The summed E-state index contributed by atoms with van der Waals surface area (Å²) in [6.07, 6.45) is 1.38. The number of rotatable bonds is 8. The number of amides is 1. The van der Waals surface area contributed by atoms with Crippen molar-refractivity contribution in [3.8, 4) is 0 Å². The summed E-state index contributed by atoms with van der Waals surface area (Å²) in [5.41, 5.74) is 4.90. The summed E-state index contributed by atoms with van der Waals surface area (Å²) < 4.78 is 18.8. The van der Waals surface area contributed by atoms with Gasteiger partial charge in [-0.1, -0.05) is 35.9 Å². The van der Waals surface area contributed by atoms with Gasteiger partial charge in [-0.05, 0) is 49.6 Å². The van der Waals surface area contributed by atoms with Crippen LogP contribution >= 0.6 is 0 Å². The van der Waals surface area contributed by atoms with Gasteiger partial charge in [-0.3, -0.25) is 9.69 Å². The van der Waals surface area contributed by atoms with Crippen LogP contribution < -0.4 is 5.32 Å². The number of aryl methyl sites for hydroxylation is 2. The summed E-state index contributed by atoms with van der Waals surface area (Å²) in [7, 11) is 0. The molecule has 0 aliphatic carbocycles. The van der Waals surface area contributed by atoms with Gasteiger partial charge in [-0.2, -0.15) is 0 Å². The Kier molecular flexibility index (Phi) is 6.77. The first-order valence-corrected chi connectivity index (χ1v) is 9.70. The van der Waals surface area contributed by atoms with Crippen molar-refractivity contribution in [2.75, 3.05) is 6.54 Å². The normalized spacial score (nSPS) is 11.1. The van der Waals surface area contributed by atoms with Gasteiger partial charge >= 0.3 is 0 Å². The lowest BCUT2D eigenvalue weighted by Crippen LogP contribution is -2.24. The molecule has 0 fully saturated rings. The molecule has 0 atom stereocenters. The number of carbonyl (C=O) groups excluding carboxylic acids is 1. The maximum Gasteiger partial charge on any atom is 0.273 e. The Morgan fingerprint density at radius 3 is 2.55 bits per heavy atom. The molecule has 0 saturated carbocycles. The van der Waals surface area contributed by atoms with Crippen molar-refractivity contribution in [2.24, 2.45) is 0 Å². The van der Waals surface area contributed by atoms with Gasteiger partial charge in [-0.15, -0.1) is 0 Å². The topological polar surface area (TPSA) is 58.4 Å². The lowest BCUT2D eigenvalue weighted by atomic mass is 10.0. The van der Waals surface area contributed by atoms with Gasteiger partial charge in [0, 0.05) is 19.6 Å². The molecule has 0 unspecified atom stereocenters. The summed E-state index contributed by atoms with van der Waals surface area (Å²) in [5.74, 6) is -0.0333. The van der Waals surface area contributed by atoms with E-state index in [4.69, 9.17) is 4.42 Å². The number of hydrogen-bond acceptors (Lipinski definition) is 4. The van der Waals surface area contributed by atoms with E-state index in [1.54, 1.807) is 12.1 Å². The van der Waals surface area contributed by atoms with Gasteiger partial charge in [0.15, 0.2) is 5.69 Å². The Hall–Kier alpha value is -2.99. The summed E-state index contributed by atoms with van der Waals surface area (Å²) >= 11 is 0. The molecule has 0 aliphatic rings. The first-order valence-electron chi connectivity index (χ1n) is 9.70. The van der Waals surface area contributed by atoms with Gasteiger partial charge in [0.25, 0.3) is 5.91 Å². The highest BCUT2D eigenvalue weighted by atomic mass is 19.1. The fourth-order valence-electron chi connectivity index (χ4n) is 3.21. The molecule has 1 aromatic heterocycles. The second-order valence-corrected chi connectivity index (χ2v) is 7.19. The first kappa shape index (κ1) is 20.7. The molecular weight excluding hydrogens is 369 g/mol. The van der Waals surface area contributed by atoms with Crippen molar-refractivity contribution >= 4 is 5.91 Å². The first-order chi connectivity index (χ1) is 13.9. The highest BCUT2D eigenvalue weighted by Gasteiger charge is 2.16. The molecule has 6 heteroatoms. The standard InChI is InChI=1S/C23H26FN3O2/c1-4-25-23(28)21-15-29-22(26-21)14-27(12-18-6-9-20(24)10-7-18)13-19-8-5-16(2)11-17(19)3/h5-11,15H,4,12-14H2,1-3H3,(H,25,28). The van der Waals surface area contributed by atoms with Crippen LogP contribution in [-0.4, -0.2) is 22.3 Å². The quantitative estimate of drug-likeness (QED) is 0.615. The highest BCUT2D eigenvalue weighted by molar-refractivity contribution is 5.91. The summed E-state index contributed by atoms with van der Waals surface area (Å²) in [6, 6.07) is 12.9. The minimum absolute atomic E-state index is 0.248. The van der Waals surface area contributed by atoms with E-state index in [0.29, 0.717) is 32.1 Å². The lowest BCUT2D eigenvalue weighted by Gasteiger charge is -2.22. The Bertz CT molecular complexity index is 967. The molecule has 0 bridgehead atoms. The fourth-order valence-corrected chi connectivity index (χ4v) is 3.21. The van der Waals surface area contributed by atoms with Crippen LogP contribution in [0.15, 0.2) is 53.1 Å². The molecule has 0 saturated heterocycles. The number of halogens is 1. The predicted octanol–water partition coefficient (Wildman–Crippen LogP) is 4.38. The Balaban J connectivity index is 1.80. The fraction of sp³-hybridized carbons (Fsp3) is 0.304. The Labute approximate surface area is 170 Å². The Morgan fingerprint density at radius 1 is 1.10 bits per heavy atom. The monoisotopic (exact) mass is 395 g/mol. The molecule has 5 nitrogen and oxygen atoms in total. The van der Waals surface area contributed by atoms with Gasteiger partial charge in [-0.25, -0.2) is 9.37 Å². The minimum atomic E-state index is -0.256. The Morgan fingerprint density at radius 2 is 1.86 bits per heavy atom. The van der Waals surface area contributed by atoms with E-state index in [-0.39, 0.29) is 17.4 Å². The van der Waals surface area contributed by atoms with Gasteiger partial charge < -0.3 is 9.73 Å². The van der Waals surface area contributed by atoms with E-state index in [0.717, 1.165) is 5.56 Å². The van der Waals surface area contributed by atoms with E-state index in [1.165, 1.54) is 35.1 Å². The number of oxazole rings is 1. The van der Waals surface area contributed by atoms with E-state index in [1.807, 2.05) is 6.92 Å². The molecule has 29 heavy (non-hydrogen) atoms. The maximum absolute atomic E-state index is 13.3. The molecule has 1 heterocycles. The molecule has 1 N–H and O–H groups in total. The molecule has 3 rings (SSSR count). The molecule has 152 valence electrons. The van der Waals surface area contributed by atoms with Gasteiger partial charge in [0.05, 0.1) is 6.54 Å². The number of nitrogens with zero attached hydrogens (tertiary/aromatic N) is 2. The zero-order chi connectivity index (χ0) is 20.8. The van der Waals surface area contributed by atoms with E-state index >= 15 is 0 Å². The van der Waals surface area contributed by atoms with Crippen molar-refractivity contribution < 1.29 is 13.6 Å². The number of benzene rings is 2. The maximum atomic E-state index is 13.3. The zero-order valence-corrected chi connectivity index (χ0v) is 17.0. The summed E-state index contributed by atoms with van der Waals surface area (Å²) in [5, 5.41) is 2.72. The van der Waals surface area contributed by atoms with E-state index < -0.39 is 0 Å². The van der Waals surface area contributed by atoms with Crippen LogP contribution in [-0.2, 0) is 19.6 Å². The van der Waals surface area contributed by atoms with E-state index in [2.05, 4.69) is 47.2 Å². The second kappa shape index (κ2) is 9.47. The summed E-state index contributed by atoms with van der Waals surface area (Å²) in [6.45, 7) is 8.27. The van der Waals surface area contributed by atoms with Crippen LogP contribution in [0, 0.1) is 19.7 Å². The molecule has 0 radical (unpaired) electrons. The molecule has 0 spiro atoms. The minimum Gasteiger partial charge on any atom is -0.447 e. The van der Waals surface area contributed by atoms with Crippen LogP contribution in [0.25, 0.3) is 0 Å². The van der Waals surface area contributed by atoms with Gasteiger partial charge in [0.1, 0.15) is 12.1 Å².